The number of rotatable bonds is 14. The molecule has 1 heterocycles. The van der Waals surface area contributed by atoms with Crippen LogP contribution in [0.1, 0.15) is 86.1 Å². The van der Waals surface area contributed by atoms with Gasteiger partial charge in [0.1, 0.15) is 35.6 Å². The van der Waals surface area contributed by atoms with Gasteiger partial charge in [0.2, 0.25) is 11.8 Å². The molecule has 0 spiro atoms. The number of nitrogens with one attached hydrogen (secondary N) is 3. The molecule has 12 nitrogen and oxygen atoms in total. The Labute approximate surface area is 319 Å². The Balaban J connectivity index is 1.38. The SMILES string of the molecule is C=C[C@@H]1C[C@]1(NC(=O)[C@@H]1C[C@@](C(C)C)(C2CCC2)CN1C(=O)C(NC(=O)OC(C)(C)C)C(C)C)C(=O)NS(=O)(=O)c1cccc(OCc2ccccc2)c1. The van der Waals surface area contributed by atoms with Gasteiger partial charge in [-0.15, -0.1) is 6.58 Å². The van der Waals surface area contributed by atoms with Crippen LogP contribution in [0.4, 0.5) is 4.79 Å². The molecule has 2 saturated carbocycles. The lowest BCUT2D eigenvalue weighted by molar-refractivity contribution is -0.142. The van der Waals surface area contributed by atoms with E-state index in [1.807, 2.05) is 44.2 Å². The van der Waals surface area contributed by atoms with Crippen molar-refractivity contribution in [3.63, 3.8) is 0 Å². The van der Waals surface area contributed by atoms with Gasteiger partial charge in [0.25, 0.3) is 15.9 Å². The largest absolute Gasteiger partial charge is 0.489 e. The predicted molar refractivity (Wildman–Crippen MR) is 204 cm³/mol. The fourth-order valence-corrected chi connectivity index (χ4v) is 8.88. The third-order valence-electron chi connectivity index (χ3n) is 11.3. The van der Waals surface area contributed by atoms with Gasteiger partial charge in [0, 0.05) is 18.5 Å². The average Bonchev–Trinajstić information content (AvgIpc) is 3.65. The maximum absolute atomic E-state index is 14.5. The van der Waals surface area contributed by atoms with Crippen LogP contribution in [0.15, 0.2) is 72.1 Å². The van der Waals surface area contributed by atoms with E-state index in [9.17, 15) is 27.6 Å². The summed E-state index contributed by atoms with van der Waals surface area (Å²) in [6.07, 6.45) is 4.33. The molecular weight excluding hydrogens is 709 g/mol. The fourth-order valence-electron chi connectivity index (χ4n) is 7.80. The van der Waals surface area contributed by atoms with Crippen LogP contribution in [0, 0.1) is 29.1 Å². The van der Waals surface area contributed by atoms with Crippen LogP contribution in [0.5, 0.6) is 5.75 Å². The van der Waals surface area contributed by atoms with E-state index >= 15 is 0 Å². The van der Waals surface area contributed by atoms with E-state index in [1.54, 1.807) is 31.7 Å². The number of sulfonamides is 1. The zero-order valence-corrected chi connectivity index (χ0v) is 33.3. The average molecular weight is 765 g/mol. The lowest BCUT2D eigenvalue weighted by Gasteiger charge is -2.46. The van der Waals surface area contributed by atoms with Crippen molar-refractivity contribution < 1.29 is 37.1 Å². The topological polar surface area (TPSA) is 160 Å². The minimum absolute atomic E-state index is 0.129. The Bertz CT molecular complexity index is 1840. The quantitative estimate of drug-likeness (QED) is 0.206. The van der Waals surface area contributed by atoms with Gasteiger partial charge in [-0.25, -0.2) is 17.9 Å². The van der Waals surface area contributed by atoms with Gasteiger partial charge in [-0.3, -0.25) is 14.4 Å². The Kier molecular flexibility index (Phi) is 11.9. The number of likely N-dealkylation sites (tertiary alicyclic amines) is 1. The molecule has 1 aliphatic heterocycles. The molecule has 4 amide bonds. The van der Waals surface area contributed by atoms with Crippen LogP contribution in [0.25, 0.3) is 0 Å². The van der Waals surface area contributed by atoms with Crippen molar-refractivity contribution >= 4 is 33.8 Å². The van der Waals surface area contributed by atoms with E-state index in [1.165, 1.54) is 24.3 Å². The molecule has 2 aromatic rings. The zero-order valence-electron chi connectivity index (χ0n) is 32.5. The third-order valence-corrected chi connectivity index (χ3v) is 12.6. The normalized spacial score (nSPS) is 24.6. The molecule has 1 saturated heterocycles. The molecule has 5 rings (SSSR count). The van der Waals surface area contributed by atoms with E-state index in [2.05, 4.69) is 35.8 Å². The number of nitrogens with zero attached hydrogens (tertiary/aromatic N) is 1. The smallest absolute Gasteiger partial charge is 0.408 e. The standard InChI is InChI=1S/C41H56N4O8S/c1-9-29-22-41(29,37(48)44-54(50,51)32-20-14-19-31(21-32)52-24-28-15-11-10-12-16-28)43-35(46)33-23-40(27(4)5,30-17-13-18-30)25-45(33)36(47)34(26(2)3)42-38(49)53-39(6,7)8/h9-12,14-16,19-21,26-27,29-30,33-34H,1,13,17-18,22-25H2,2-8H3,(H,42,49)(H,43,46)(H,44,48)/t29-,33+,34?,40-,41-/m1/s1. The Morgan fingerprint density at radius 2 is 1.69 bits per heavy atom. The number of alkyl carbamates (subject to hydrolysis) is 1. The van der Waals surface area contributed by atoms with Crippen molar-refractivity contribution in [2.75, 3.05) is 6.54 Å². The number of hydrogen-bond acceptors (Lipinski definition) is 8. The van der Waals surface area contributed by atoms with Crippen LogP contribution in [-0.2, 0) is 35.8 Å². The van der Waals surface area contributed by atoms with Gasteiger partial charge < -0.3 is 25.0 Å². The van der Waals surface area contributed by atoms with Gasteiger partial charge in [0.15, 0.2) is 0 Å². The number of benzene rings is 2. The summed E-state index contributed by atoms with van der Waals surface area (Å²) in [5, 5.41) is 5.64. The molecule has 3 fully saturated rings. The lowest BCUT2D eigenvalue weighted by Crippen LogP contribution is -2.59. The summed E-state index contributed by atoms with van der Waals surface area (Å²) in [6.45, 7) is 17.4. The van der Waals surface area contributed by atoms with Crippen molar-refractivity contribution in [1.29, 1.82) is 0 Å². The molecule has 13 heteroatoms. The van der Waals surface area contributed by atoms with Crippen LogP contribution in [0.3, 0.4) is 0 Å². The highest BCUT2D eigenvalue weighted by atomic mass is 32.2. The minimum atomic E-state index is -4.38. The number of carbonyl (C=O) groups excluding carboxylic acids is 4. The van der Waals surface area contributed by atoms with Gasteiger partial charge in [-0.05, 0) is 87.3 Å². The van der Waals surface area contributed by atoms with Gasteiger partial charge in [-0.2, -0.15) is 0 Å². The summed E-state index contributed by atoms with van der Waals surface area (Å²) < 4.78 is 40.6. The summed E-state index contributed by atoms with van der Waals surface area (Å²) in [5.41, 5.74) is -1.83. The van der Waals surface area contributed by atoms with Crippen LogP contribution < -0.4 is 20.1 Å². The Morgan fingerprint density at radius 1 is 1.00 bits per heavy atom. The number of carbonyl (C=O) groups is 4. The number of ether oxygens (including phenoxy) is 2. The third kappa shape index (κ3) is 8.77. The van der Waals surface area contributed by atoms with Crippen LogP contribution in [0.2, 0.25) is 0 Å². The highest BCUT2D eigenvalue weighted by Gasteiger charge is 2.63. The second kappa shape index (κ2) is 15.8. The molecule has 54 heavy (non-hydrogen) atoms. The molecule has 2 aliphatic carbocycles. The summed E-state index contributed by atoms with van der Waals surface area (Å²) >= 11 is 0. The first kappa shape index (κ1) is 40.8. The predicted octanol–water partition coefficient (Wildman–Crippen LogP) is 5.72. The molecule has 0 bridgehead atoms. The second-order valence-corrected chi connectivity index (χ2v) is 18.4. The van der Waals surface area contributed by atoms with Crippen LogP contribution >= 0.6 is 0 Å². The van der Waals surface area contributed by atoms with Crippen molar-refractivity contribution in [2.45, 2.75) is 115 Å². The Hall–Kier alpha value is -4.39. The van der Waals surface area contributed by atoms with Crippen molar-refractivity contribution in [3.05, 3.63) is 72.8 Å². The maximum Gasteiger partial charge on any atom is 0.408 e. The molecule has 0 radical (unpaired) electrons. The Morgan fingerprint density at radius 3 is 2.24 bits per heavy atom. The van der Waals surface area contributed by atoms with Crippen molar-refractivity contribution in [1.82, 2.24) is 20.3 Å². The van der Waals surface area contributed by atoms with Crippen molar-refractivity contribution in [2.24, 2.45) is 29.1 Å². The summed E-state index contributed by atoms with van der Waals surface area (Å²) in [7, 11) is -4.38. The maximum atomic E-state index is 14.5. The zero-order chi connectivity index (χ0) is 39.6. The monoisotopic (exact) mass is 764 g/mol. The number of hydrogen-bond donors (Lipinski definition) is 3. The molecule has 294 valence electrons. The van der Waals surface area contributed by atoms with E-state index in [0.717, 1.165) is 24.8 Å². The number of amides is 4. The molecule has 2 aromatic carbocycles. The van der Waals surface area contributed by atoms with E-state index in [4.69, 9.17) is 9.47 Å². The first-order valence-electron chi connectivity index (χ1n) is 18.9. The summed E-state index contributed by atoms with van der Waals surface area (Å²) in [4.78, 5) is 57.2. The van der Waals surface area contributed by atoms with Crippen LogP contribution in [-0.4, -0.2) is 66.9 Å². The molecule has 3 aliphatic rings. The lowest BCUT2D eigenvalue weighted by atomic mass is 9.59. The molecule has 3 N–H and O–H groups in total. The summed E-state index contributed by atoms with van der Waals surface area (Å²) in [6, 6.07) is 13.3. The minimum Gasteiger partial charge on any atom is -0.489 e. The van der Waals surface area contributed by atoms with Gasteiger partial charge in [0.05, 0.1) is 4.90 Å². The molecule has 5 atom stereocenters. The van der Waals surface area contributed by atoms with E-state index < -0.39 is 63.0 Å². The molecule has 0 aromatic heterocycles. The second-order valence-electron chi connectivity index (χ2n) is 16.8. The molecular formula is C41H56N4O8S. The van der Waals surface area contributed by atoms with Crippen molar-refractivity contribution in [3.8, 4) is 5.75 Å². The van der Waals surface area contributed by atoms with Gasteiger partial charge in [-0.1, -0.05) is 76.6 Å². The first-order valence-corrected chi connectivity index (χ1v) is 20.4. The highest BCUT2D eigenvalue weighted by Crippen LogP contribution is 2.54. The van der Waals surface area contributed by atoms with E-state index in [-0.39, 0.29) is 35.2 Å². The summed E-state index contributed by atoms with van der Waals surface area (Å²) in [5.74, 6) is -2.00. The molecule has 1 unspecified atom stereocenters. The first-order chi connectivity index (χ1) is 25.3. The highest BCUT2D eigenvalue weighted by molar-refractivity contribution is 7.90. The fraction of sp³-hybridized carbons (Fsp3) is 0.561. The van der Waals surface area contributed by atoms with E-state index in [0.29, 0.717) is 24.6 Å². The van der Waals surface area contributed by atoms with Gasteiger partial charge >= 0.3 is 6.09 Å².